The summed E-state index contributed by atoms with van der Waals surface area (Å²) in [4.78, 5) is 17.1. The predicted octanol–water partition coefficient (Wildman–Crippen LogP) is 3.32. The molecule has 0 saturated heterocycles. The number of carbonyl (C=O) groups is 1. The quantitative estimate of drug-likeness (QED) is 0.801. The Hall–Kier alpha value is -2.28. The van der Waals surface area contributed by atoms with Crippen LogP contribution in [0.5, 0.6) is 11.5 Å². The first-order valence-corrected chi connectivity index (χ1v) is 7.75. The first-order chi connectivity index (χ1) is 10.6. The number of hydrogen-bond donors (Lipinski definition) is 2. The van der Waals surface area contributed by atoms with Gasteiger partial charge in [0.15, 0.2) is 23.4 Å². The number of nitrogens with zero attached hydrogens (tertiary/aromatic N) is 1. The summed E-state index contributed by atoms with van der Waals surface area (Å²) in [5.41, 5.74) is 0.919. The van der Waals surface area contributed by atoms with Crippen molar-refractivity contribution in [3.63, 3.8) is 0 Å². The van der Waals surface area contributed by atoms with Gasteiger partial charge in [-0.05, 0) is 32.9 Å². The Labute approximate surface area is 133 Å². The lowest BCUT2D eigenvalue weighted by Crippen LogP contribution is -2.32. The zero-order valence-corrected chi connectivity index (χ0v) is 13.6. The van der Waals surface area contributed by atoms with Crippen molar-refractivity contribution in [2.45, 2.75) is 20.8 Å². The standard InChI is InChI=1S/C15H19N3O3S/c1-4-20-12-7-5-6-8-13(12)21-9-16-14(19)18-15-17-10(2)11(3)22-15/h5-8H,4,9H2,1-3H3,(H2,16,17,18,19). The monoisotopic (exact) mass is 321 g/mol. The van der Waals surface area contributed by atoms with Crippen LogP contribution in [-0.2, 0) is 0 Å². The Balaban J connectivity index is 1.82. The lowest BCUT2D eigenvalue weighted by atomic mass is 10.3. The molecule has 1 aromatic carbocycles. The minimum absolute atomic E-state index is 0.0409. The van der Waals surface area contributed by atoms with Gasteiger partial charge in [-0.2, -0.15) is 0 Å². The number of ether oxygens (including phenoxy) is 2. The van der Waals surface area contributed by atoms with Gasteiger partial charge in [-0.25, -0.2) is 9.78 Å². The molecule has 2 N–H and O–H groups in total. The molecule has 7 heteroatoms. The maximum atomic E-state index is 11.8. The number of anilines is 1. The normalized spacial score (nSPS) is 10.1. The number of hydrogen-bond acceptors (Lipinski definition) is 5. The van der Waals surface area contributed by atoms with E-state index >= 15 is 0 Å². The zero-order valence-electron chi connectivity index (χ0n) is 12.8. The Morgan fingerprint density at radius 3 is 2.50 bits per heavy atom. The summed E-state index contributed by atoms with van der Waals surface area (Å²) >= 11 is 1.44. The number of para-hydroxylation sites is 2. The fourth-order valence-corrected chi connectivity index (χ4v) is 2.50. The molecule has 22 heavy (non-hydrogen) atoms. The highest BCUT2D eigenvalue weighted by molar-refractivity contribution is 7.15. The lowest BCUT2D eigenvalue weighted by molar-refractivity contribution is 0.229. The third-order valence-electron chi connectivity index (χ3n) is 2.86. The van der Waals surface area contributed by atoms with Crippen molar-refractivity contribution in [3.8, 4) is 11.5 Å². The first-order valence-electron chi connectivity index (χ1n) is 6.93. The van der Waals surface area contributed by atoms with Crippen LogP contribution in [0.25, 0.3) is 0 Å². The maximum absolute atomic E-state index is 11.8. The number of nitrogens with one attached hydrogen (secondary N) is 2. The van der Waals surface area contributed by atoms with Crippen LogP contribution in [0.1, 0.15) is 17.5 Å². The second-order valence-electron chi connectivity index (χ2n) is 4.46. The molecule has 0 bridgehead atoms. The summed E-state index contributed by atoms with van der Waals surface area (Å²) in [6.45, 7) is 6.36. The third kappa shape index (κ3) is 4.36. The summed E-state index contributed by atoms with van der Waals surface area (Å²) in [6.07, 6.45) is 0. The van der Waals surface area contributed by atoms with Crippen LogP contribution in [0, 0.1) is 13.8 Å². The van der Waals surface area contributed by atoms with Crippen LogP contribution in [0.3, 0.4) is 0 Å². The minimum atomic E-state index is -0.359. The molecule has 0 atom stereocenters. The van der Waals surface area contributed by atoms with Crippen LogP contribution >= 0.6 is 11.3 Å². The molecule has 1 heterocycles. The number of rotatable bonds is 6. The first kappa shape index (κ1) is 16.1. The molecular weight excluding hydrogens is 302 g/mol. The Bertz CT molecular complexity index is 623. The maximum Gasteiger partial charge on any atom is 0.323 e. The third-order valence-corrected chi connectivity index (χ3v) is 3.85. The molecule has 118 valence electrons. The molecule has 0 fully saturated rings. The van der Waals surface area contributed by atoms with Crippen LogP contribution in [-0.4, -0.2) is 24.4 Å². The topological polar surface area (TPSA) is 72.5 Å². The van der Waals surface area contributed by atoms with E-state index in [2.05, 4.69) is 15.6 Å². The molecule has 2 aromatic rings. The number of thiazole rings is 1. The lowest BCUT2D eigenvalue weighted by Gasteiger charge is -2.12. The van der Waals surface area contributed by atoms with E-state index in [0.29, 0.717) is 23.2 Å². The number of aromatic nitrogens is 1. The van der Waals surface area contributed by atoms with Crippen molar-refractivity contribution in [3.05, 3.63) is 34.8 Å². The van der Waals surface area contributed by atoms with E-state index in [9.17, 15) is 4.79 Å². The summed E-state index contributed by atoms with van der Waals surface area (Å²) < 4.78 is 11.0. The molecule has 0 spiro atoms. The van der Waals surface area contributed by atoms with Gasteiger partial charge < -0.3 is 14.8 Å². The summed E-state index contributed by atoms with van der Waals surface area (Å²) in [5.74, 6) is 1.24. The van der Waals surface area contributed by atoms with Crippen molar-refractivity contribution in [2.24, 2.45) is 0 Å². The average Bonchev–Trinajstić information content (AvgIpc) is 2.79. The largest absolute Gasteiger partial charge is 0.490 e. The van der Waals surface area contributed by atoms with Gasteiger partial charge in [0.25, 0.3) is 0 Å². The van der Waals surface area contributed by atoms with Gasteiger partial charge in [0, 0.05) is 4.88 Å². The van der Waals surface area contributed by atoms with Gasteiger partial charge >= 0.3 is 6.03 Å². The highest BCUT2D eigenvalue weighted by atomic mass is 32.1. The van der Waals surface area contributed by atoms with Crippen molar-refractivity contribution in [2.75, 3.05) is 18.7 Å². The van der Waals surface area contributed by atoms with E-state index in [1.165, 1.54) is 11.3 Å². The number of carbonyl (C=O) groups excluding carboxylic acids is 1. The molecule has 2 amide bonds. The highest BCUT2D eigenvalue weighted by Gasteiger charge is 2.08. The zero-order chi connectivity index (χ0) is 15.9. The summed E-state index contributed by atoms with van der Waals surface area (Å²) in [5, 5.41) is 5.86. The summed E-state index contributed by atoms with van der Waals surface area (Å²) in [6, 6.07) is 6.96. The average molecular weight is 321 g/mol. The van der Waals surface area contributed by atoms with Crippen molar-refractivity contribution in [1.29, 1.82) is 0 Å². The molecule has 2 rings (SSSR count). The second-order valence-corrected chi connectivity index (χ2v) is 5.66. The van der Waals surface area contributed by atoms with Crippen LogP contribution in [0.15, 0.2) is 24.3 Å². The Morgan fingerprint density at radius 1 is 1.23 bits per heavy atom. The van der Waals surface area contributed by atoms with Crippen molar-refractivity contribution < 1.29 is 14.3 Å². The summed E-state index contributed by atoms with van der Waals surface area (Å²) in [7, 11) is 0. The number of urea groups is 1. The van der Waals surface area contributed by atoms with Crippen molar-refractivity contribution in [1.82, 2.24) is 10.3 Å². The van der Waals surface area contributed by atoms with Gasteiger partial charge in [-0.3, -0.25) is 5.32 Å². The highest BCUT2D eigenvalue weighted by Crippen LogP contribution is 2.26. The fourth-order valence-electron chi connectivity index (χ4n) is 1.69. The Morgan fingerprint density at radius 2 is 1.91 bits per heavy atom. The number of amides is 2. The fraction of sp³-hybridized carbons (Fsp3) is 0.333. The number of aryl methyl sites for hydroxylation is 2. The molecule has 0 radical (unpaired) electrons. The number of benzene rings is 1. The molecule has 6 nitrogen and oxygen atoms in total. The smallest absolute Gasteiger partial charge is 0.323 e. The van der Waals surface area contributed by atoms with Gasteiger partial charge in [0.2, 0.25) is 0 Å². The predicted molar refractivity (Wildman–Crippen MR) is 86.8 cm³/mol. The van der Waals surface area contributed by atoms with E-state index < -0.39 is 0 Å². The molecular formula is C15H19N3O3S. The minimum Gasteiger partial charge on any atom is -0.490 e. The van der Waals surface area contributed by atoms with Gasteiger partial charge in [0.05, 0.1) is 12.3 Å². The van der Waals surface area contributed by atoms with E-state index in [1.54, 1.807) is 6.07 Å². The molecule has 0 unspecified atom stereocenters. The van der Waals surface area contributed by atoms with Gasteiger partial charge in [-0.1, -0.05) is 12.1 Å². The van der Waals surface area contributed by atoms with Crippen LogP contribution < -0.4 is 20.1 Å². The van der Waals surface area contributed by atoms with E-state index in [0.717, 1.165) is 10.6 Å². The molecule has 0 aliphatic carbocycles. The molecule has 0 saturated carbocycles. The van der Waals surface area contributed by atoms with E-state index in [4.69, 9.17) is 9.47 Å². The van der Waals surface area contributed by atoms with Gasteiger partial charge in [-0.15, -0.1) is 11.3 Å². The molecule has 0 aliphatic rings. The van der Waals surface area contributed by atoms with E-state index in [-0.39, 0.29) is 12.8 Å². The van der Waals surface area contributed by atoms with Crippen LogP contribution in [0.4, 0.5) is 9.93 Å². The van der Waals surface area contributed by atoms with Crippen molar-refractivity contribution >= 4 is 22.5 Å². The Kier molecular flexibility index (Phi) is 5.60. The van der Waals surface area contributed by atoms with Gasteiger partial charge in [0.1, 0.15) is 0 Å². The SMILES string of the molecule is CCOc1ccccc1OCNC(=O)Nc1nc(C)c(C)s1. The van der Waals surface area contributed by atoms with Crippen LogP contribution in [0.2, 0.25) is 0 Å². The molecule has 0 aliphatic heterocycles. The molecule has 1 aromatic heterocycles. The van der Waals surface area contributed by atoms with E-state index in [1.807, 2.05) is 39.0 Å². The second kappa shape index (κ2) is 7.65.